The minimum atomic E-state index is 0.531. The van der Waals surface area contributed by atoms with E-state index in [9.17, 15) is 0 Å². The van der Waals surface area contributed by atoms with Crippen LogP contribution in [0.15, 0.2) is 0 Å². The molecular formula is C31H61N7. The average molecular weight is 532 g/mol. The van der Waals surface area contributed by atoms with Gasteiger partial charge < -0.3 is 37.2 Å². The van der Waals surface area contributed by atoms with Crippen LogP contribution in [0.3, 0.4) is 0 Å². The second-order valence-electron chi connectivity index (χ2n) is 14.7. The smallest absolute Gasteiger partial charge is 0.0233 e. The van der Waals surface area contributed by atoms with Gasteiger partial charge in [-0.3, -0.25) is 0 Å². The molecule has 0 spiro atoms. The lowest BCUT2D eigenvalue weighted by atomic mass is 9.73. The minimum Gasteiger partial charge on any atom is -0.316 e. The van der Waals surface area contributed by atoms with Crippen molar-refractivity contribution >= 4 is 0 Å². The van der Waals surface area contributed by atoms with Crippen LogP contribution in [0, 0.1) is 35.0 Å². The molecule has 8 atom stereocenters. The fraction of sp³-hybridized carbons (Fsp3) is 1.00. The molecule has 7 N–H and O–H groups in total. The minimum absolute atomic E-state index is 0.531. The highest BCUT2D eigenvalue weighted by Gasteiger charge is 2.38. The Balaban J connectivity index is 0.000000104. The summed E-state index contributed by atoms with van der Waals surface area (Å²) in [4.78, 5) is 0. The van der Waals surface area contributed by atoms with Crippen LogP contribution in [-0.4, -0.2) is 89.6 Å². The fourth-order valence-electron chi connectivity index (χ4n) is 8.38. The molecule has 0 saturated carbocycles. The molecule has 7 heteroatoms. The Kier molecular flexibility index (Phi) is 10.8. The molecule has 0 aliphatic carbocycles. The predicted octanol–water partition coefficient (Wildman–Crippen LogP) is 1.90. The summed E-state index contributed by atoms with van der Waals surface area (Å²) in [5.74, 6) is 4.79. The van der Waals surface area contributed by atoms with Gasteiger partial charge in [0.05, 0.1) is 0 Å². The van der Waals surface area contributed by atoms with E-state index >= 15 is 0 Å². The first kappa shape index (κ1) is 29.2. The molecule has 2 bridgehead atoms. The van der Waals surface area contributed by atoms with Crippen molar-refractivity contribution in [2.75, 3.05) is 65.4 Å². The third kappa shape index (κ3) is 8.14. The SMILES string of the molecule is C1CC2CNCC2CN1.C1CC2CNCC2N1.C1CC2NCCC2CN1.CC(C)(C)C1CC2CCC(C1)N2. The van der Waals surface area contributed by atoms with Crippen LogP contribution in [0.25, 0.3) is 0 Å². The molecule has 8 aliphatic heterocycles. The summed E-state index contributed by atoms with van der Waals surface area (Å²) < 4.78 is 0. The van der Waals surface area contributed by atoms with Crippen molar-refractivity contribution in [1.29, 1.82) is 0 Å². The van der Waals surface area contributed by atoms with Gasteiger partial charge in [0.15, 0.2) is 0 Å². The summed E-state index contributed by atoms with van der Waals surface area (Å²) in [5.41, 5.74) is 0.531. The van der Waals surface area contributed by atoms with Gasteiger partial charge in [0.1, 0.15) is 0 Å². The van der Waals surface area contributed by atoms with Crippen LogP contribution in [0.5, 0.6) is 0 Å². The van der Waals surface area contributed by atoms with Crippen molar-refractivity contribution in [3.63, 3.8) is 0 Å². The molecule has 220 valence electrons. The Morgan fingerprint density at radius 3 is 1.66 bits per heavy atom. The third-order valence-electron chi connectivity index (χ3n) is 11.1. The summed E-state index contributed by atoms with van der Waals surface area (Å²) in [6.45, 7) is 19.6. The maximum atomic E-state index is 3.69. The standard InChI is InChI=1S/C11H21N.2C7H14N2.C6H12N2/c1-11(2,3)8-6-9-4-5-10(7-8)12-9;1-4-9-7-2-3-8-5-6(1)7;1-2-8-4-7-5-9-3-6(1)7;1-2-8-6-4-7-3-5(1)6/h8-10,12H,4-7H2,1-3H3;2*6-9H,1-5H2;5-8H,1-4H2. The van der Waals surface area contributed by atoms with Crippen LogP contribution in [0.2, 0.25) is 0 Å². The highest BCUT2D eigenvalue weighted by Crippen LogP contribution is 2.40. The summed E-state index contributed by atoms with van der Waals surface area (Å²) in [6.07, 6.45) is 11.2. The topological polar surface area (TPSA) is 84.2 Å². The first-order valence-electron chi connectivity index (χ1n) is 16.5. The Morgan fingerprint density at radius 2 is 1.00 bits per heavy atom. The van der Waals surface area contributed by atoms with Crippen molar-refractivity contribution in [2.45, 2.75) is 96.3 Å². The normalized spacial score (nSPS) is 42.9. The monoisotopic (exact) mass is 531 g/mol. The van der Waals surface area contributed by atoms with Crippen molar-refractivity contribution in [3.8, 4) is 0 Å². The molecule has 8 aliphatic rings. The number of fused-ring (bicyclic) bond motifs is 5. The Labute approximate surface area is 234 Å². The van der Waals surface area contributed by atoms with Crippen LogP contribution >= 0.6 is 0 Å². The van der Waals surface area contributed by atoms with Gasteiger partial charge in [0.2, 0.25) is 0 Å². The number of rotatable bonds is 0. The molecule has 8 saturated heterocycles. The second kappa shape index (κ2) is 14.1. The van der Waals surface area contributed by atoms with Gasteiger partial charge in [-0.25, -0.2) is 0 Å². The van der Waals surface area contributed by atoms with Gasteiger partial charge >= 0.3 is 0 Å². The van der Waals surface area contributed by atoms with Gasteiger partial charge in [-0.2, -0.15) is 0 Å². The Morgan fingerprint density at radius 1 is 0.474 bits per heavy atom. The molecule has 8 fully saturated rings. The highest BCUT2D eigenvalue weighted by molar-refractivity contribution is 4.95. The van der Waals surface area contributed by atoms with E-state index in [0.29, 0.717) is 5.41 Å². The van der Waals surface area contributed by atoms with Crippen molar-refractivity contribution < 1.29 is 0 Å². The summed E-state index contributed by atoms with van der Waals surface area (Å²) in [7, 11) is 0. The summed E-state index contributed by atoms with van der Waals surface area (Å²) in [5, 5.41) is 24.3. The van der Waals surface area contributed by atoms with Gasteiger partial charge in [-0.1, -0.05) is 20.8 Å². The van der Waals surface area contributed by atoms with E-state index in [2.05, 4.69) is 58.0 Å². The lowest BCUT2D eigenvalue weighted by Crippen LogP contribution is -2.41. The number of hydrogen-bond donors (Lipinski definition) is 7. The van der Waals surface area contributed by atoms with Gasteiger partial charge in [0.25, 0.3) is 0 Å². The number of hydrogen-bond acceptors (Lipinski definition) is 7. The predicted molar refractivity (Wildman–Crippen MR) is 160 cm³/mol. The maximum Gasteiger partial charge on any atom is 0.0233 e. The van der Waals surface area contributed by atoms with Crippen molar-refractivity contribution in [3.05, 3.63) is 0 Å². The van der Waals surface area contributed by atoms with Gasteiger partial charge in [-0.05, 0) is 145 Å². The molecule has 0 radical (unpaired) electrons. The first-order chi connectivity index (χ1) is 18.5. The molecule has 8 heterocycles. The van der Waals surface area contributed by atoms with Crippen molar-refractivity contribution in [1.82, 2.24) is 37.2 Å². The van der Waals surface area contributed by atoms with E-state index in [-0.39, 0.29) is 0 Å². The van der Waals surface area contributed by atoms with Crippen LogP contribution in [-0.2, 0) is 0 Å². The zero-order chi connectivity index (χ0) is 26.4. The molecule has 0 aromatic heterocycles. The van der Waals surface area contributed by atoms with E-state index in [0.717, 1.165) is 53.8 Å². The highest BCUT2D eigenvalue weighted by atomic mass is 15.1. The van der Waals surface area contributed by atoms with Crippen LogP contribution < -0.4 is 37.2 Å². The number of nitrogens with one attached hydrogen (secondary N) is 7. The quantitative estimate of drug-likeness (QED) is 0.257. The molecule has 8 unspecified atom stereocenters. The van der Waals surface area contributed by atoms with Crippen molar-refractivity contribution in [2.24, 2.45) is 35.0 Å². The average Bonchev–Trinajstić information content (AvgIpc) is 3.74. The van der Waals surface area contributed by atoms with E-state index < -0.39 is 0 Å². The third-order valence-corrected chi connectivity index (χ3v) is 11.1. The molecular weight excluding hydrogens is 470 g/mol. The lowest BCUT2D eigenvalue weighted by Gasteiger charge is -2.37. The Hall–Kier alpha value is -0.280. The van der Waals surface area contributed by atoms with E-state index in [1.807, 2.05) is 0 Å². The first-order valence-corrected chi connectivity index (χ1v) is 16.5. The molecule has 7 nitrogen and oxygen atoms in total. The lowest BCUT2D eigenvalue weighted by molar-refractivity contribution is 0.158. The molecule has 0 amide bonds. The Bertz CT molecular complexity index is 614. The summed E-state index contributed by atoms with van der Waals surface area (Å²) >= 11 is 0. The maximum absolute atomic E-state index is 3.69. The van der Waals surface area contributed by atoms with Gasteiger partial charge in [-0.15, -0.1) is 0 Å². The molecule has 0 aromatic rings. The second-order valence-corrected chi connectivity index (χ2v) is 14.7. The molecule has 0 aromatic carbocycles. The van der Waals surface area contributed by atoms with Crippen LogP contribution in [0.1, 0.15) is 72.1 Å². The zero-order valence-corrected chi connectivity index (χ0v) is 24.9. The van der Waals surface area contributed by atoms with E-state index in [4.69, 9.17) is 0 Å². The van der Waals surface area contributed by atoms with E-state index in [1.165, 1.54) is 117 Å². The zero-order valence-electron chi connectivity index (χ0n) is 24.9. The van der Waals surface area contributed by atoms with Gasteiger partial charge in [0, 0.05) is 30.7 Å². The summed E-state index contributed by atoms with van der Waals surface area (Å²) in [6, 6.07) is 3.38. The molecule has 8 rings (SSSR count). The fourth-order valence-corrected chi connectivity index (χ4v) is 8.38. The largest absolute Gasteiger partial charge is 0.316 e. The van der Waals surface area contributed by atoms with E-state index in [1.54, 1.807) is 0 Å². The van der Waals surface area contributed by atoms with Crippen LogP contribution in [0.4, 0.5) is 0 Å². The number of piperidine rings is 3. The molecule has 38 heavy (non-hydrogen) atoms.